The molecule has 3 N–H and O–H groups in total. The predicted molar refractivity (Wildman–Crippen MR) is 55.4 cm³/mol. The zero-order valence-corrected chi connectivity index (χ0v) is 8.26. The normalized spacial score (nSPS) is 18.1. The molecule has 0 saturated heterocycles. The summed E-state index contributed by atoms with van der Waals surface area (Å²) in [6.45, 7) is 2.04. The highest BCUT2D eigenvalue weighted by Gasteiger charge is 2.23. The third-order valence-electron chi connectivity index (χ3n) is 2.59. The molecule has 3 heteroatoms. The Bertz CT molecular complexity index is 334. The van der Waals surface area contributed by atoms with Crippen molar-refractivity contribution >= 4 is 5.69 Å². The fourth-order valence-corrected chi connectivity index (χ4v) is 1.51. The molecule has 0 aliphatic heterocycles. The van der Waals surface area contributed by atoms with Crippen molar-refractivity contribution in [3.8, 4) is 0 Å². The van der Waals surface area contributed by atoms with Crippen LogP contribution in [0.15, 0.2) is 18.2 Å². The highest BCUT2D eigenvalue weighted by atomic mass is 19.1. The van der Waals surface area contributed by atoms with Crippen LogP contribution in [0.5, 0.6) is 0 Å². The van der Waals surface area contributed by atoms with Crippen LogP contribution in [0.1, 0.15) is 31.4 Å². The molecular weight excluding hydrogens is 179 g/mol. The second kappa shape index (κ2) is 3.58. The summed E-state index contributed by atoms with van der Waals surface area (Å²) in [5.74, 6) is -0.327. The van der Waals surface area contributed by atoms with Gasteiger partial charge >= 0.3 is 0 Å². The van der Waals surface area contributed by atoms with E-state index in [1.165, 1.54) is 18.9 Å². The minimum Gasteiger partial charge on any atom is -0.396 e. The Balaban J connectivity index is 2.10. The van der Waals surface area contributed by atoms with Gasteiger partial charge in [-0.25, -0.2) is 4.39 Å². The number of benzene rings is 1. The largest absolute Gasteiger partial charge is 0.396 e. The van der Waals surface area contributed by atoms with Gasteiger partial charge in [-0.05, 0) is 37.5 Å². The number of nitrogen functional groups attached to an aromatic ring is 1. The fourth-order valence-electron chi connectivity index (χ4n) is 1.51. The second-order valence-electron chi connectivity index (χ2n) is 3.94. The van der Waals surface area contributed by atoms with E-state index in [4.69, 9.17) is 5.73 Å². The molecule has 0 bridgehead atoms. The topological polar surface area (TPSA) is 38.0 Å². The van der Waals surface area contributed by atoms with Crippen LogP contribution in [0.2, 0.25) is 0 Å². The summed E-state index contributed by atoms with van der Waals surface area (Å²) < 4.78 is 13.1. The number of anilines is 1. The molecule has 0 aromatic heterocycles. The lowest BCUT2D eigenvalue weighted by Crippen LogP contribution is -2.20. The smallest absolute Gasteiger partial charge is 0.146 e. The standard InChI is InChI=1S/C11H15FN2/c1-7(14-9-3-4-9)8-2-5-11(13)10(12)6-8/h2,5-7,9,14H,3-4,13H2,1H3/t7-/m0/s1. The summed E-state index contributed by atoms with van der Waals surface area (Å²) in [6, 6.07) is 5.84. The minimum absolute atomic E-state index is 0.206. The fraction of sp³-hybridized carbons (Fsp3) is 0.455. The molecule has 1 saturated carbocycles. The summed E-state index contributed by atoms with van der Waals surface area (Å²) >= 11 is 0. The van der Waals surface area contributed by atoms with Gasteiger partial charge in [0.1, 0.15) is 5.82 Å². The zero-order chi connectivity index (χ0) is 10.1. The first kappa shape index (κ1) is 9.46. The van der Waals surface area contributed by atoms with Gasteiger partial charge in [0.15, 0.2) is 0 Å². The molecule has 0 unspecified atom stereocenters. The van der Waals surface area contributed by atoms with Crippen molar-refractivity contribution in [1.82, 2.24) is 5.32 Å². The third kappa shape index (κ3) is 2.04. The molecule has 2 nitrogen and oxygen atoms in total. The summed E-state index contributed by atoms with van der Waals surface area (Å²) in [5.41, 5.74) is 6.58. The van der Waals surface area contributed by atoms with Crippen molar-refractivity contribution in [3.05, 3.63) is 29.6 Å². The highest BCUT2D eigenvalue weighted by molar-refractivity contribution is 5.42. The molecule has 1 aromatic rings. The number of nitrogens with one attached hydrogen (secondary N) is 1. The number of hydrogen-bond donors (Lipinski definition) is 2. The van der Waals surface area contributed by atoms with Crippen LogP contribution in [-0.4, -0.2) is 6.04 Å². The van der Waals surface area contributed by atoms with Crippen LogP contribution in [0.3, 0.4) is 0 Å². The molecule has 0 amide bonds. The third-order valence-corrected chi connectivity index (χ3v) is 2.59. The molecule has 1 aromatic carbocycles. The summed E-state index contributed by atoms with van der Waals surface area (Å²) in [6.07, 6.45) is 2.48. The SMILES string of the molecule is C[C@H](NC1CC1)c1ccc(N)c(F)c1. The number of rotatable bonds is 3. The lowest BCUT2D eigenvalue weighted by Gasteiger charge is -2.13. The van der Waals surface area contributed by atoms with Crippen molar-refractivity contribution in [3.63, 3.8) is 0 Å². The van der Waals surface area contributed by atoms with Gasteiger partial charge < -0.3 is 11.1 Å². The van der Waals surface area contributed by atoms with Crippen molar-refractivity contribution in [1.29, 1.82) is 0 Å². The average molecular weight is 194 g/mol. The Morgan fingerprint density at radius 2 is 2.21 bits per heavy atom. The van der Waals surface area contributed by atoms with Crippen LogP contribution in [0.25, 0.3) is 0 Å². The van der Waals surface area contributed by atoms with Gasteiger partial charge in [-0.2, -0.15) is 0 Å². The maximum absolute atomic E-state index is 13.1. The van der Waals surface area contributed by atoms with E-state index >= 15 is 0 Å². The molecule has 2 rings (SSSR count). The molecule has 0 spiro atoms. The Hall–Kier alpha value is -1.09. The monoisotopic (exact) mass is 194 g/mol. The van der Waals surface area contributed by atoms with Crippen LogP contribution in [0.4, 0.5) is 10.1 Å². The average Bonchev–Trinajstić information content (AvgIpc) is 2.93. The summed E-state index contributed by atoms with van der Waals surface area (Å²) in [4.78, 5) is 0. The van der Waals surface area contributed by atoms with Crippen molar-refractivity contribution < 1.29 is 4.39 Å². The van der Waals surface area contributed by atoms with Gasteiger partial charge in [0.2, 0.25) is 0 Å². The Morgan fingerprint density at radius 1 is 1.50 bits per heavy atom. The molecule has 0 heterocycles. The van der Waals surface area contributed by atoms with E-state index < -0.39 is 0 Å². The van der Waals surface area contributed by atoms with Crippen LogP contribution < -0.4 is 11.1 Å². The maximum atomic E-state index is 13.1. The first-order valence-electron chi connectivity index (χ1n) is 4.98. The summed E-state index contributed by atoms with van der Waals surface area (Å²) in [5, 5.41) is 3.41. The molecule has 1 aliphatic carbocycles. The van der Waals surface area contributed by atoms with Crippen LogP contribution in [-0.2, 0) is 0 Å². The molecule has 1 atom stereocenters. The van der Waals surface area contributed by atoms with Gasteiger partial charge in [-0.1, -0.05) is 6.07 Å². The van der Waals surface area contributed by atoms with Crippen molar-refractivity contribution in [2.24, 2.45) is 0 Å². The second-order valence-corrected chi connectivity index (χ2v) is 3.94. The van der Waals surface area contributed by atoms with E-state index in [9.17, 15) is 4.39 Å². The van der Waals surface area contributed by atoms with Crippen LogP contribution in [0, 0.1) is 5.82 Å². The van der Waals surface area contributed by atoms with E-state index in [1.54, 1.807) is 6.07 Å². The predicted octanol–water partition coefficient (Wildman–Crippen LogP) is 2.22. The van der Waals surface area contributed by atoms with Gasteiger partial charge in [-0.3, -0.25) is 0 Å². The summed E-state index contributed by atoms with van der Waals surface area (Å²) in [7, 11) is 0. The van der Waals surface area contributed by atoms with Gasteiger partial charge in [-0.15, -0.1) is 0 Å². The van der Waals surface area contributed by atoms with Crippen molar-refractivity contribution in [2.75, 3.05) is 5.73 Å². The number of halogens is 1. The van der Waals surface area contributed by atoms with Gasteiger partial charge in [0, 0.05) is 12.1 Å². The minimum atomic E-state index is -0.327. The quantitative estimate of drug-likeness (QED) is 0.724. The first-order valence-corrected chi connectivity index (χ1v) is 4.98. The Morgan fingerprint density at radius 3 is 2.79 bits per heavy atom. The molecule has 76 valence electrons. The molecule has 1 aliphatic rings. The Labute approximate surface area is 83.3 Å². The zero-order valence-electron chi connectivity index (χ0n) is 8.26. The van der Waals surface area contributed by atoms with Gasteiger partial charge in [0.25, 0.3) is 0 Å². The molecule has 0 radical (unpaired) electrons. The van der Waals surface area contributed by atoms with E-state index in [0.29, 0.717) is 6.04 Å². The Kier molecular flexibility index (Phi) is 2.42. The van der Waals surface area contributed by atoms with E-state index in [0.717, 1.165) is 5.56 Å². The number of hydrogen-bond acceptors (Lipinski definition) is 2. The van der Waals surface area contributed by atoms with E-state index in [1.807, 2.05) is 13.0 Å². The lowest BCUT2D eigenvalue weighted by molar-refractivity contribution is 0.563. The van der Waals surface area contributed by atoms with Gasteiger partial charge in [0.05, 0.1) is 5.69 Å². The highest BCUT2D eigenvalue weighted by Crippen LogP contribution is 2.25. The first-order chi connectivity index (χ1) is 6.66. The lowest BCUT2D eigenvalue weighted by atomic mass is 10.1. The maximum Gasteiger partial charge on any atom is 0.146 e. The molecule has 1 fully saturated rings. The van der Waals surface area contributed by atoms with Crippen molar-refractivity contribution in [2.45, 2.75) is 31.8 Å². The molecular formula is C11H15FN2. The van der Waals surface area contributed by atoms with Crippen LogP contribution >= 0.6 is 0 Å². The van der Waals surface area contributed by atoms with E-state index in [2.05, 4.69) is 5.32 Å². The van der Waals surface area contributed by atoms with E-state index in [-0.39, 0.29) is 17.5 Å². The molecule has 14 heavy (non-hydrogen) atoms. The number of nitrogens with two attached hydrogens (primary N) is 1.